The smallest absolute Gasteiger partial charge is 0.255 e. The van der Waals surface area contributed by atoms with Gasteiger partial charge in [-0.2, -0.15) is 9.37 Å². The van der Waals surface area contributed by atoms with Crippen LogP contribution < -0.4 is 4.74 Å². The van der Waals surface area contributed by atoms with Crippen molar-refractivity contribution < 1.29 is 13.9 Å². The third-order valence-electron chi connectivity index (χ3n) is 6.47. The first-order valence-electron chi connectivity index (χ1n) is 10.5. The summed E-state index contributed by atoms with van der Waals surface area (Å²) in [5.41, 5.74) is 1.76. The summed E-state index contributed by atoms with van der Waals surface area (Å²) in [6, 6.07) is 12.5. The van der Waals surface area contributed by atoms with Crippen molar-refractivity contribution in [2.24, 2.45) is 5.92 Å². The molecule has 0 radical (unpaired) electrons. The third kappa shape index (κ3) is 3.44. The summed E-state index contributed by atoms with van der Waals surface area (Å²) in [5, 5.41) is 0. The summed E-state index contributed by atoms with van der Waals surface area (Å²) in [5.74, 6) is 0.543. The fourth-order valence-corrected chi connectivity index (χ4v) is 4.84. The predicted octanol–water partition coefficient (Wildman–Crippen LogP) is 4.06. The van der Waals surface area contributed by atoms with Gasteiger partial charge >= 0.3 is 0 Å². The van der Waals surface area contributed by atoms with Crippen molar-refractivity contribution >= 4 is 5.91 Å². The molecule has 1 saturated carbocycles. The van der Waals surface area contributed by atoms with E-state index >= 15 is 0 Å². The predicted molar refractivity (Wildman–Crippen MR) is 113 cm³/mol. The number of hydrogen-bond donors (Lipinski definition) is 0. The zero-order valence-electron chi connectivity index (χ0n) is 17.4. The Kier molecular flexibility index (Phi) is 4.88. The number of fused-ring (bicyclic) bond motifs is 2. The Morgan fingerprint density at radius 3 is 2.61 bits per heavy atom. The molecule has 0 N–H and O–H groups in total. The number of piperidine rings is 1. The summed E-state index contributed by atoms with van der Waals surface area (Å²) in [4.78, 5) is 28.2. The van der Waals surface area contributed by atoms with Crippen LogP contribution in [-0.2, 0) is 0 Å². The molecule has 6 nitrogen and oxygen atoms in total. The molecule has 158 valence electrons. The zero-order chi connectivity index (χ0) is 21.5. The standard InChI is InChI=1S/C24H23FN4O2/c1-14-8-9-21(28-22(14)25)31-20-13-16-12-19(20)29(15(16)2)24(30)18-7-4-3-6-17(18)23-26-10-5-11-27-23/h3-11,15-16,19-20H,12-13H2,1-2H3. The number of aromatic nitrogens is 3. The molecular formula is C24H23FN4O2. The Labute approximate surface area is 180 Å². The maximum atomic E-state index is 13.9. The largest absolute Gasteiger partial charge is 0.472 e. The van der Waals surface area contributed by atoms with Crippen molar-refractivity contribution in [3.63, 3.8) is 0 Å². The first-order chi connectivity index (χ1) is 15.0. The van der Waals surface area contributed by atoms with Crippen LogP contribution in [0.2, 0.25) is 0 Å². The van der Waals surface area contributed by atoms with Gasteiger partial charge in [0, 0.05) is 35.6 Å². The Hall–Kier alpha value is -3.35. The Bertz CT molecular complexity index is 1120. The number of aryl methyl sites for hydroxylation is 1. The molecule has 1 aliphatic carbocycles. The second kappa shape index (κ2) is 7.72. The molecule has 31 heavy (non-hydrogen) atoms. The highest BCUT2D eigenvalue weighted by atomic mass is 19.1. The number of likely N-dealkylation sites (tertiary alicyclic amines) is 1. The van der Waals surface area contributed by atoms with Crippen molar-refractivity contribution in [1.82, 2.24) is 19.9 Å². The molecule has 5 rings (SSSR count). The van der Waals surface area contributed by atoms with E-state index in [9.17, 15) is 9.18 Å². The molecule has 3 heterocycles. The third-order valence-corrected chi connectivity index (χ3v) is 6.47. The first-order valence-corrected chi connectivity index (χ1v) is 10.5. The van der Waals surface area contributed by atoms with Gasteiger partial charge < -0.3 is 9.64 Å². The van der Waals surface area contributed by atoms with E-state index < -0.39 is 5.95 Å². The van der Waals surface area contributed by atoms with Crippen LogP contribution in [0.3, 0.4) is 0 Å². The highest BCUT2D eigenvalue weighted by Crippen LogP contribution is 2.45. The Balaban J connectivity index is 1.43. The average molecular weight is 418 g/mol. The number of halogens is 1. The van der Waals surface area contributed by atoms with E-state index in [1.165, 1.54) is 0 Å². The topological polar surface area (TPSA) is 68.2 Å². The lowest BCUT2D eigenvalue weighted by Crippen LogP contribution is -2.51. The zero-order valence-corrected chi connectivity index (χ0v) is 17.4. The first kappa shape index (κ1) is 19.6. The van der Waals surface area contributed by atoms with Crippen molar-refractivity contribution in [3.8, 4) is 17.3 Å². The molecule has 4 atom stereocenters. The molecule has 1 saturated heterocycles. The number of hydrogen-bond acceptors (Lipinski definition) is 5. The lowest BCUT2D eigenvalue weighted by molar-refractivity contribution is 0.0312. The normalized spacial score (nSPS) is 24.4. The van der Waals surface area contributed by atoms with Crippen LogP contribution in [-0.4, -0.2) is 43.9 Å². The fraction of sp³-hybridized carbons (Fsp3) is 0.333. The molecule has 2 aromatic heterocycles. The van der Waals surface area contributed by atoms with E-state index in [0.717, 1.165) is 12.8 Å². The summed E-state index contributed by atoms with van der Waals surface area (Å²) in [6.07, 6.45) is 4.83. The van der Waals surface area contributed by atoms with Gasteiger partial charge in [0.2, 0.25) is 11.8 Å². The molecule has 1 amide bonds. The minimum Gasteiger partial charge on any atom is -0.472 e. The van der Waals surface area contributed by atoms with Gasteiger partial charge in [-0.05, 0) is 50.8 Å². The maximum Gasteiger partial charge on any atom is 0.255 e. The lowest BCUT2D eigenvalue weighted by atomic mass is 9.97. The average Bonchev–Trinajstić information content (AvgIpc) is 3.34. The molecule has 1 aliphatic heterocycles. The van der Waals surface area contributed by atoms with E-state index in [4.69, 9.17) is 4.74 Å². The summed E-state index contributed by atoms with van der Waals surface area (Å²) in [6.45, 7) is 3.75. The molecule has 2 fully saturated rings. The number of nitrogens with zero attached hydrogens (tertiary/aromatic N) is 4. The maximum absolute atomic E-state index is 13.9. The van der Waals surface area contributed by atoms with Gasteiger partial charge in [-0.15, -0.1) is 0 Å². The van der Waals surface area contributed by atoms with Crippen molar-refractivity contribution in [3.05, 3.63) is 71.9 Å². The second-order valence-electron chi connectivity index (χ2n) is 8.28. The van der Waals surface area contributed by atoms with Gasteiger partial charge in [0.1, 0.15) is 6.10 Å². The van der Waals surface area contributed by atoms with Gasteiger partial charge in [-0.3, -0.25) is 4.79 Å². The van der Waals surface area contributed by atoms with Crippen LogP contribution in [0.15, 0.2) is 54.9 Å². The highest BCUT2D eigenvalue weighted by Gasteiger charge is 2.53. The van der Waals surface area contributed by atoms with Gasteiger partial charge in [0.15, 0.2) is 5.82 Å². The fourth-order valence-electron chi connectivity index (χ4n) is 4.84. The van der Waals surface area contributed by atoms with Crippen LogP contribution in [0.1, 0.15) is 35.7 Å². The monoisotopic (exact) mass is 418 g/mol. The van der Waals surface area contributed by atoms with Gasteiger partial charge in [-0.25, -0.2) is 9.97 Å². The Morgan fingerprint density at radius 2 is 1.87 bits per heavy atom. The van der Waals surface area contributed by atoms with Crippen LogP contribution >= 0.6 is 0 Å². The number of amides is 1. The summed E-state index contributed by atoms with van der Waals surface area (Å²) >= 11 is 0. The Morgan fingerprint density at radius 1 is 1.10 bits per heavy atom. The number of benzene rings is 1. The van der Waals surface area contributed by atoms with E-state index in [1.807, 2.05) is 29.2 Å². The molecule has 7 heteroatoms. The van der Waals surface area contributed by atoms with Crippen molar-refractivity contribution in [2.75, 3.05) is 0 Å². The molecule has 0 spiro atoms. The highest BCUT2D eigenvalue weighted by molar-refractivity contribution is 6.00. The molecule has 4 unspecified atom stereocenters. The lowest BCUT2D eigenvalue weighted by Gasteiger charge is -2.38. The van der Waals surface area contributed by atoms with E-state index in [1.54, 1.807) is 37.5 Å². The van der Waals surface area contributed by atoms with E-state index in [0.29, 0.717) is 28.4 Å². The number of pyridine rings is 1. The number of ether oxygens (including phenoxy) is 1. The molecule has 1 aromatic carbocycles. The SMILES string of the molecule is Cc1ccc(OC2CC3CC2N(C(=O)c2ccccc2-c2ncccn2)C3C)nc1F. The van der Waals surface area contributed by atoms with Crippen molar-refractivity contribution in [2.45, 2.75) is 44.9 Å². The number of carbonyl (C=O) groups excluding carboxylic acids is 1. The second-order valence-corrected chi connectivity index (χ2v) is 8.28. The number of carbonyl (C=O) groups is 1. The summed E-state index contributed by atoms with van der Waals surface area (Å²) in [7, 11) is 0. The minimum atomic E-state index is -0.529. The van der Waals surface area contributed by atoms with Gasteiger partial charge in [-0.1, -0.05) is 18.2 Å². The van der Waals surface area contributed by atoms with Gasteiger partial charge in [0.05, 0.1) is 11.6 Å². The van der Waals surface area contributed by atoms with Crippen LogP contribution in [0, 0.1) is 18.8 Å². The summed E-state index contributed by atoms with van der Waals surface area (Å²) < 4.78 is 19.9. The molecular weight excluding hydrogens is 395 g/mol. The molecule has 3 aromatic rings. The molecule has 2 aliphatic rings. The van der Waals surface area contributed by atoms with Crippen molar-refractivity contribution in [1.29, 1.82) is 0 Å². The van der Waals surface area contributed by atoms with Crippen LogP contribution in [0.4, 0.5) is 4.39 Å². The van der Waals surface area contributed by atoms with E-state index in [2.05, 4.69) is 21.9 Å². The minimum absolute atomic E-state index is 0.0561. The molecule has 2 bridgehead atoms. The van der Waals surface area contributed by atoms with E-state index in [-0.39, 0.29) is 30.0 Å². The van der Waals surface area contributed by atoms with Gasteiger partial charge in [0.25, 0.3) is 5.91 Å². The van der Waals surface area contributed by atoms with Crippen LogP contribution in [0.25, 0.3) is 11.4 Å². The van der Waals surface area contributed by atoms with Crippen LogP contribution in [0.5, 0.6) is 5.88 Å². The quantitative estimate of drug-likeness (QED) is 0.598. The number of rotatable bonds is 4.